The SMILES string of the molecule is CN(C)CCNC1(C(N)=O)CCCCC1c1ccccc1. The molecule has 0 heterocycles. The Morgan fingerprint density at radius 1 is 1.33 bits per heavy atom. The van der Waals surface area contributed by atoms with Crippen LogP contribution in [0.3, 0.4) is 0 Å². The van der Waals surface area contributed by atoms with E-state index in [1.165, 1.54) is 5.56 Å². The zero-order chi connectivity index (χ0) is 15.3. The fourth-order valence-electron chi connectivity index (χ4n) is 3.41. The first-order valence-corrected chi connectivity index (χ1v) is 7.81. The molecular formula is C17H27N3O. The highest BCUT2D eigenvalue weighted by atomic mass is 16.1. The molecule has 1 fully saturated rings. The van der Waals surface area contributed by atoms with Gasteiger partial charge >= 0.3 is 0 Å². The molecule has 1 aliphatic carbocycles. The van der Waals surface area contributed by atoms with Gasteiger partial charge in [-0.2, -0.15) is 0 Å². The number of hydrogen-bond acceptors (Lipinski definition) is 3. The summed E-state index contributed by atoms with van der Waals surface area (Å²) in [7, 11) is 4.07. The Balaban J connectivity index is 2.24. The molecule has 2 unspecified atom stereocenters. The summed E-state index contributed by atoms with van der Waals surface area (Å²) >= 11 is 0. The van der Waals surface area contributed by atoms with Crippen molar-refractivity contribution in [1.82, 2.24) is 10.2 Å². The van der Waals surface area contributed by atoms with Crippen molar-refractivity contribution in [2.75, 3.05) is 27.2 Å². The fraction of sp³-hybridized carbons (Fsp3) is 0.588. The van der Waals surface area contributed by atoms with Gasteiger partial charge in [0, 0.05) is 19.0 Å². The van der Waals surface area contributed by atoms with E-state index in [1.807, 2.05) is 32.3 Å². The van der Waals surface area contributed by atoms with Crippen LogP contribution in [0.5, 0.6) is 0 Å². The predicted octanol–water partition coefficient (Wildman–Crippen LogP) is 1.72. The molecule has 116 valence electrons. The molecular weight excluding hydrogens is 262 g/mol. The smallest absolute Gasteiger partial charge is 0.238 e. The van der Waals surface area contributed by atoms with Gasteiger partial charge in [0.05, 0.1) is 0 Å². The third-order valence-electron chi connectivity index (χ3n) is 4.55. The summed E-state index contributed by atoms with van der Waals surface area (Å²) in [4.78, 5) is 14.4. The zero-order valence-electron chi connectivity index (χ0n) is 13.1. The number of primary amides is 1. The Kier molecular flexibility index (Phi) is 5.37. The lowest BCUT2D eigenvalue weighted by Crippen LogP contribution is -2.61. The first-order chi connectivity index (χ1) is 10.1. The molecule has 0 spiro atoms. The predicted molar refractivity (Wildman–Crippen MR) is 86.1 cm³/mol. The van der Waals surface area contributed by atoms with E-state index in [0.29, 0.717) is 0 Å². The van der Waals surface area contributed by atoms with Crippen LogP contribution < -0.4 is 11.1 Å². The van der Waals surface area contributed by atoms with Crippen molar-refractivity contribution in [3.05, 3.63) is 35.9 Å². The van der Waals surface area contributed by atoms with Gasteiger partial charge in [0.2, 0.25) is 5.91 Å². The third kappa shape index (κ3) is 3.63. The minimum absolute atomic E-state index is 0.173. The number of amides is 1. The van der Waals surface area contributed by atoms with Crippen LogP contribution in [0.25, 0.3) is 0 Å². The molecule has 1 aromatic carbocycles. The lowest BCUT2D eigenvalue weighted by Gasteiger charge is -2.43. The van der Waals surface area contributed by atoms with Gasteiger partial charge in [-0.3, -0.25) is 4.79 Å². The van der Waals surface area contributed by atoms with E-state index in [0.717, 1.165) is 38.8 Å². The van der Waals surface area contributed by atoms with Gasteiger partial charge in [-0.15, -0.1) is 0 Å². The highest BCUT2D eigenvalue weighted by molar-refractivity contribution is 5.86. The monoisotopic (exact) mass is 289 g/mol. The number of carbonyl (C=O) groups excluding carboxylic acids is 1. The molecule has 0 aliphatic heterocycles. The van der Waals surface area contributed by atoms with E-state index < -0.39 is 5.54 Å². The number of rotatable bonds is 6. The molecule has 0 bridgehead atoms. The average Bonchev–Trinajstić information content (AvgIpc) is 2.48. The lowest BCUT2D eigenvalue weighted by atomic mass is 9.69. The fourth-order valence-corrected chi connectivity index (χ4v) is 3.41. The summed E-state index contributed by atoms with van der Waals surface area (Å²) in [6.07, 6.45) is 4.06. The molecule has 3 N–H and O–H groups in total. The Hall–Kier alpha value is -1.39. The molecule has 4 heteroatoms. The minimum atomic E-state index is -0.602. The second-order valence-corrected chi connectivity index (χ2v) is 6.27. The van der Waals surface area contributed by atoms with E-state index in [4.69, 9.17) is 5.73 Å². The van der Waals surface area contributed by atoms with Crippen LogP contribution in [0.2, 0.25) is 0 Å². The van der Waals surface area contributed by atoms with Crippen molar-refractivity contribution in [2.24, 2.45) is 5.73 Å². The molecule has 1 saturated carbocycles. The molecule has 1 aromatic rings. The van der Waals surface area contributed by atoms with Crippen LogP contribution in [0.15, 0.2) is 30.3 Å². The van der Waals surface area contributed by atoms with E-state index in [9.17, 15) is 4.79 Å². The summed E-state index contributed by atoms with van der Waals surface area (Å²) in [5.74, 6) is -0.0399. The highest BCUT2D eigenvalue weighted by Crippen LogP contribution is 2.40. The van der Waals surface area contributed by atoms with E-state index in [2.05, 4.69) is 22.3 Å². The van der Waals surface area contributed by atoms with Crippen molar-refractivity contribution >= 4 is 5.91 Å². The van der Waals surface area contributed by atoms with Gasteiger partial charge in [0.15, 0.2) is 0 Å². The van der Waals surface area contributed by atoms with Crippen LogP contribution in [0.4, 0.5) is 0 Å². The highest BCUT2D eigenvalue weighted by Gasteiger charge is 2.45. The quantitative estimate of drug-likeness (QED) is 0.838. The standard InChI is InChI=1S/C17H27N3O/c1-20(2)13-12-19-17(16(18)21)11-7-6-10-15(17)14-8-4-3-5-9-14/h3-5,8-9,15,19H,6-7,10-13H2,1-2H3,(H2,18,21). The Bertz CT molecular complexity index is 460. The minimum Gasteiger partial charge on any atom is -0.368 e. The maximum absolute atomic E-state index is 12.3. The van der Waals surface area contributed by atoms with Crippen molar-refractivity contribution in [1.29, 1.82) is 0 Å². The maximum atomic E-state index is 12.3. The number of nitrogens with zero attached hydrogens (tertiary/aromatic N) is 1. The lowest BCUT2D eigenvalue weighted by molar-refractivity contribution is -0.126. The number of benzene rings is 1. The van der Waals surface area contributed by atoms with Crippen molar-refractivity contribution in [3.63, 3.8) is 0 Å². The van der Waals surface area contributed by atoms with Gasteiger partial charge < -0.3 is 16.0 Å². The van der Waals surface area contributed by atoms with E-state index in [1.54, 1.807) is 0 Å². The number of carbonyl (C=O) groups is 1. The number of hydrogen-bond donors (Lipinski definition) is 2. The summed E-state index contributed by atoms with van der Waals surface area (Å²) in [6.45, 7) is 1.68. The third-order valence-corrected chi connectivity index (χ3v) is 4.55. The Morgan fingerprint density at radius 3 is 2.67 bits per heavy atom. The second-order valence-electron chi connectivity index (χ2n) is 6.27. The summed E-state index contributed by atoms with van der Waals surface area (Å²) in [6, 6.07) is 10.3. The first-order valence-electron chi connectivity index (χ1n) is 7.81. The molecule has 2 atom stereocenters. The molecule has 21 heavy (non-hydrogen) atoms. The van der Waals surface area contributed by atoms with Crippen LogP contribution in [0, 0.1) is 0 Å². The van der Waals surface area contributed by atoms with Crippen molar-refractivity contribution < 1.29 is 4.79 Å². The van der Waals surface area contributed by atoms with Gasteiger partial charge in [-0.05, 0) is 32.5 Å². The van der Waals surface area contributed by atoms with Crippen LogP contribution in [0.1, 0.15) is 37.2 Å². The van der Waals surface area contributed by atoms with Crippen LogP contribution in [-0.2, 0) is 4.79 Å². The van der Waals surface area contributed by atoms with Gasteiger partial charge in [0.1, 0.15) is 5.54 Å². The molecule has 2 rings (SSSR count). The van der Waals surface area contributed by atoms with Crippen LogP contribution >= 0.6 is 0 Å². The first kappa shape index (κ1) is 16.0. The van der Waals surface area contributed by atoms with Crippen LogP contribution in [-0.4, -0.2) is 43.5 Å². The zero-order valence-corrected chi connectivity index (χ0v) is 13.1. The van der Waals surface area contributed by atoms with Gasteiger partial charge in [-0.1, -0.05) is 43.2 Å². The van der Waals surface area contributed by atoms with Gasteiger partial charge in [-0.25, -0.2) is 0 Å². The second kappa shape index (κ2) is 7.05. The van der Waals surface area contributed by atoms with Crippen molar-refractivity contribution in [2.45, 2.75) is 37.1 Å². The van der Waals surface area contributed by atoms with E-state index >= 15 is 0 Å². The number of nitrogens with two attached hydrogens (primary N) is 1. The maximum Gasteiger partial charge on any atom is 0.238 e. The molecule has 1 amide bonds. The van der Waals surface area contributed by atoms with Crippen molar-refractivity contribution in [3.8, 4) is 0 Å². The number of nitrogens with one attached hydrogen (secondary N) is 1. The summed E-state index contributed by atoms with van der Waals surface area (Å²) in [5, 5.41) is 3.50. The normalized spacial score (nSPS) is 26.0. The summed E-state index contributed by atoms with van der Waals surface area (Å²) in [5.41, 5.74) is 6.45. The van der Waals surface area contributed by atoms with Gasteiger partial charge in [0.25, 0.3) is 0 Å². The Labute approximate surface area is 127 Å². The number of likely N-dealkylation sites (N-methyl/N-ethyl adjacent to an activating group) is 1. The molecule has 0 saturated heterocycles. The molecule has 1 aliphatic rings. The average molecular weight is 289 g/mol. The molecule has 4 nitrogen and oxygen atoms in total. The molecule has 0 radical (unpaired) electrons. The largest absolute Gasteiger partial charge is 0.368 e. The molecule has 0 aromatic heterocycles. The topological polar surface area (TPSA) is 58.4 Å². The Morgan fingerprint density at radius 2 is 2.05 bits per heavy atom. The summed E-state index contributed by atoms with van der Waals surface area (Å²) < 4.78 is 0. The van der Waals surface area contributed by atoms with E-state index in [-0.39, 0.29) is 11.8 Å².